The fraction of sp³-hybridized carbons (Fsp3) is 0.286. The fourth-order valence-corrected chi connectivity index (χ4v) is 3.79. The van der Waals surface area contributed by atoms with Crippen molar-refractivity contribution in [2.75, 3.05) is 32.8 Å². The van der Waals surface area contributed by atoms with Gasteiger partial charge in [0.15, 0.2) is 0 Å². The van der Waals surface area contributed by atoms with Crippen molar-refractivity contribution in [2.24, 2.45) is 0 Å². The number of ether oxygens (including phenoxy) is 1. The van der Waals surface area contributed by atoms with Gasteiger partial charge in [-0.15, -0.1) is 0 Å². The van der Waals surface area contributed by atoms with Crippen molar-refractivity contribution < 1.29 is 13.9 Å². The summed E-state index contributed by atoms with van der Waals surface area (Å²) in [6, 6.07) is 3.85. The predicted octanol–water partition coefficient (Wildman–Crippen LogP) is 4.04. The molecule has 3 aliphatic rings. The number of aromatic nitrogens is 1. The molecule has 0 bridgehead atoms. The topological polar surface area (TPSA) is 54.5 Å². The molecule has 2 heterocycles. The molecular weight excluding hydrogens is 429 g/mol. The van der Waals surface area contributed by atoms with Crippen molar-refractivity contribution in [2.45, 2.75) is 19.3 Å². The summed E-state index contributed by atoms with van der Waals surface area (Å²) >= 11 is 0. The van der Waals surface area contributed by atoms with Crippen LogP contribution in [0.25, 0.3) is 5.57 Å². The Balaban J connectivity index is 1.35. The van der Waals surface area contributed by atoms with Gasteiger partial charge in [-0.25, -0.2) is 4.39 Å². The number of allylic oxidation sites excluding steroid dienone is 9. The number of hydrogen-bond donors (Lipinski definition) is 1. The smallest absolute Gasteiger partial charge is 0.226 e. The van der Waals surface area contributed by atoms with E-state index in [-0.39, 0.29) is 31.1 Å². The van der Waals surface area contributed by atoms with Gasteiger partial charge in [-0.2, -0.15) is 0 Å². The minimum absolute atomic E-state index is 0.119. The van der Waals surface area contributed by atoms with Crippen LogP contribution in [0.2, 0.25) is 0 Å². The van der Waals surface area contributed by atoms with E-state index in [1.807, 2.05) is 36.4 Å². The summed E-state index contributed by atoms with van der Waals surface area (Å²) in [6.45, 7) is 3.54. The molecule has 1 aliphatic heterocycles. The largest absolute Gasteiger partial charge is 0.378 e. The van der Waals surface area contributed by atoms with Crippen LogP contribution in [0, 0.1) is 11.8 Å². The van der Waals surface area contributed by atoms with E-state index in [2.05, 4.69) is 45.3 Å². The number of nitrogens with zero attached hydrogens (tertiary/aromatic N) is 2. The summed E-state index contributed by atoms with van der Waals surface area (Å²) in [5, 5.41) is 2.84. The van der Waals surface area contributed by atoms with Crippen LogP contribution >= 0.6 is 0 Å². The molecule has 0 atom stereocenters. The number of carbonyl (C=O) groups is 1. The van der Waals surface area contributed by atoms with Gasteiger partial charge in [-0.3, -0.25) is 9.78 Å². The van der Waals surface area contributed by atoms with Crippen LogP contribution in [0.1, 0.15) is 24.1 Å². The first-order valence-electron chi connectivity index (χ1n) is 11.5. The summed E-state index contributed by atoms with van der Waals surface area (Å²) in [7, 11) is 0. The van der Waals surface area contributed by atoms with Crippen molar-refractivity contribution in [1.82, 2.24) is 15.2 Å². The average Bonchev–Trinajstić information content (AvgIpc) is 2.82. The third kappa shape index (κ3) is 6.90. The van der Waals surface area contributed by atoms with Crippen molar-refractivity contribution in [1.29, 1.82) is 0 Å². The lowest BCUT2D eigenvalue weighted by Crippen LogP contribution is -2.35. The van der Waals surface area contributed by atoms with Crippen LogP contribution < -0.4 is 5.32 Å². The Morgan fingerprint density at radius 2 is 2.00 bits per heavy atom. The Labute approximate surface area is 200 Å². The molecule has 1 aromatic heterocycles. The number of halogens is 1. The van der Waals surface area contributed by atoms with Crippen molar-refractivity contribution in [3.05, 3.63) is 95.3 Å². The number of pyridine rings is 1. The quantitative estimate of drug-likeness (QED) is 0.655. The van der Waals surface area contributed by atoms with Gasteiger partial charge in [0.1, 0.15) is 5.83 Å². The van der Waals surface area contributed by atoms with Gasteiger partial charge < -0.3 is 15.0 Å². The van der Waals surface area contributed by atoms with Crippen LogP contribution in [0.15, 0.2) is 84.0 Å². The summed E-state index contributed by atoms with van der Waals surface area (Å²) in [4.78, 5) is 19.2. The van der Waals surface area contributed by atoms with E-state index < -0.39 is 0 Å². The minimum Gasteiger partial charge on any atom is -0.378 e. The minimum atomic E-state index is -0.287. The van der Waals surface area contributed by atoms with Crippen LogP contribution in [-0.4, -0.2) is 48.6 Å². The number of hydrogen-bond acceptors (Lipinski definition) is 4. The second kappa shape index (κ2) is 12.0. The third-order valence-electron chi connectivity index (χ3n) is 5.64. The van der Waals surface area contributed by atoms with Gasteiger partial charge in [-0.05, 0) is 35.4 Å². The van der Waals surface area contributed by atoms with Gasteiger partial charge in [0.05, 0.1) is 26.1 Å². The molecule has 5 nitrogen and oxygen atoms in total. The first kappa shape index (κ1) is 23.5. The molecule has 174 valence electrons. The highest BCUT2D eigenvalue weighted by Crippen LogP contribution is 2.20. The van der Waals surface area contributed by atoms with E-state index in [9.17, 15) is 9.18 Å². The molecule has 2 aliphatic carbocycles. The maximum absolute atomic E-state index is 13.7. The molecule has 4 rings (SSSR count). The second-order valence-corrected chi connectivity index (χ2v) is 8.13. The molecule has 0 saturated carbocycles. The summed E-state index contributed by atoms with van der Waals surface area (Å²) < 4.78 is 19.1. The van der Waals surface area contributed by atoms with E-state index >= 15 is 0 Å². The number of carbonyl (C=O) groups excluding carboxylic acids is 1. The molecule has 0 unspecified atom stereocenters. The maximum atomic E-state index is 13.7. The Hall–Kier alpha value is -3.69. The molecule has 0 aromatic carbocycles. The molecule has 1 N–H and O–H groups in total. The molecule has 1 amide bonds. The van der Waals surface area contributed by atoms with Crippen LogP contribution in [0.5, 0.6) is 0 Å². The fourth-order valence-electron chi connectivity index (χ4n) is 3.79. The zero-order chi connectivity index (χ0) is 23.6. The van der Waals surface area contributed by atoms with Gasteiger partial charge in [0, 0.05) is 49.2 Å². The van der Waals surface area contributed by atoms with Crippen LogP contribution in [0.3, 0.4) is 0 Å². The lowest BCUT2D eigenvalue weighted by Gasteiger charge is -2.29. The third-order valence-corrected chi connectivity index (χ3v) is 5.64. The van der Waals surface area contributed by atoms with E-state index in [4.69, 9.17) is 4.74 Å². The molecule has 6 heteroatoms. The lowest BCUT2D eigenvalue weighted by molar-refractivity contribution is -0.120. The number of amides is 1. The molecule has 34 heavy (non-hydrogen) atoms. The lowest BCUT2D eigenvalue weighted by atomic mass is 10.0. The Morgan fingerprint density at radius 3 is 2.82 bits per heavy atom. The number of morpholine rings is 1. The molecule has 1 aromatic rings. The molecular formula is C28H28FN3O2. The zero-order valence-corrected chi connectivity index (χ0v) is 19.1. The summed E-state index contributed by atoms with van der Waals surface area (Å²) in [5.41, 5.74) is 4.60. The molecule has 1 saturated heterocycles. The number of nitrogens with one attached hydrogen (secondary N) is 1. The second-order valence-electron chi connectivity index (χ2n) is 8.13. The van der Waals surface area contributed by atoms with Crippen molar-refractivity contribution in [3.8, 4) is 11.8 Å². The highest BCUT2D eigenvalue weighted by molar-refractivity contribution is 5.79. The molecule has 0 spiro atoms. The molecule has 0 radical (unpaired) electrons. The highest BCUT2D eigenvalue weighted by Gasteiger charge is 2.12. The van der Waals surface area contributed by atoms with Gasteiger partial charge in [0.25, 0.3) is 0 Å². The first-order chi connectivity index (χ1) is 16.7. The van der Waals surface area contributed by atoms with Crippen molar-refractivity contribution >= 4 is 11.5 Å². The van der Waals surface area contributed by atoms with Gasteiger partial charge >= 0.3 is 0 Å². The normalized spacial score (nSPS) is 25.1. The first-order valence-corrected chi connectivity index (χ1v) is 11.5. The Bertz CT molecular complexity index is 1140. The zero-order valence-electron chi connectivity index (χ0n) is 19.1. The van der Waals surface area contributed by atoms with Crippen LogP contribution in [-0.2, 0) is 16.0 Å². The van der Waals surface area contributed by atoms with Crippen molar-refractivity contribution in [3.63, 3.8) is 0 Å². The van der Waals surface area contributed by atoms with E-state index in [1.165, 1.54) is 6.08 Å². The van der Waals surface area contributed by atoms with E-state index in [1.54, 1.807) is 6.20 Å². The summed E-state index contributed by atoms with van der Waals surface area (Å²) in [6.07, 6.45) is 18.4. The Morgan fingerprint density at radius 1 is 1.15 bits per heavy atom. The van der Waals surface area contributed by atoms with Gasteiger partial charge in [0.2, 0.25) is 5.91 Å². The monoisotopic (exact) mass is 457 g/mol. The summed E-state index contributed by atoms with van der Waals surface area (Å²) in [5.74, 6) is 5.19. The van der Waals surface area contributed by atoms with E-state index in [0.717, 1.165) is 48.7 Å². The van der Waals surface area contributed by atoms with Gasteiger partial charge in [-0.1, -0.05) is 48.3 Å². The number of rotatable bonds is 6. The highest BCUT2D eigenvalue weighted by atomic mass is 19.1. The van der Waals surface area contributed by atoms with Crippen LogP contribution in [0.4, 0.5) is 4.39 Å². The average molecular weight is 458 g/mol. The predicted molar refractivity (Wildman–Crippen MR) is 132 cm³/mol. The standard InChI is InChI=1S/C28H28FN3O2/c29-25-8-3-1-2-6-22(18-25)20-31-28(33)19-26-12-10-24(21-30-26)23-7-4-5-9-27(13-11-23)32-14-16-34-17-15-32/h4-7,9-13,18,21H,2,8,14-17,19-20H2,(H,31,33)/b5-4?,7-4?,9-5-,13-11?,22-6+,23-7?,23-11+,25-18+,27-9?,27-13+. The molecule has 1 fully saturated rings. The maximum Gasteiger partial charge on any atom is 0.226 e. The van der Waals surface area contributed by atoms with E-state index in [0.29, 0.717) is 12.1 Å². The Kier molecular flexibility index (Phi) is 8.26. The SMILES string of the molecule is O=C(Cc1ccc(/C2=C/C=C(N3CCOCC3)\C=C/C=C2)cn1)NCC1=C/CC#CC/C(F)=C\1.